The summed E-state index contributed by atoms with van der Waals surface area (Å²) in [5, 5.41) is 21.8. The van der Waals surface area contributed by atoms with Crippen molar-refractivity contribution in [2.75, 3.05) is 25.0 Å². The van der Waals surface area contributed by atoms with Crippen LogP contribution >= 0.6 is 0 Å². The molecule has 34 heavy (non-hydrogen) atoms. The summed E-state index contributed by atoms with van der Waals surface area (Å²) < 4.78 is 16.3. The van der Waals surface area contributed by atoms with E-state index in [1.54, 1.807) is 19.3 Å². The number of aromatic hydroxyl groups is 1. The minimum absolute atomic E-state index is 0.0557. The van der Waals surface area contributed by atoms with Gasteiger partial charge in [0.15, 0.2) is 17.4 Å². The van der Waals surface area contributed by atoms with E-state index in [2.05, 4.69) is 44.4 Å². The molecule has 0 spiro atoms. The van der Waals surface area contributed by atoms with Gasteiger partial charge in [-0.15, -0.1) is 0 Å². The molecule has 1 fully saturated rings. The number of nitrogens with zero attached hydrogens (tertiary/aromatic N) is 5. The summed E-state index contributed by atoms with van der Waals surface area (Å²) in [6.07, 6.45) is 1.64. The Morgan fingerprint density at radius 2 is 1.94 bits per heavy atom. The highest BCUT2D eigenvalue weighted by Gasteiger charge is 2.24. The molecule has 0 saturated carbocycles. The van der Waals surface area contributed by atoms with E-state index in [9.17, 15) is 14.3 Å². The molecule has 1 aliphatic heterocycles. The van der Waals surface area contributed by atoms with Crippen LogP contribution in [0.5, 0.6) is 5.75 Å². The van der Waals surface area contributed by atoms with Crippen molar-refractivity contribution in [2.45, 2.75) is 25.9 Å². The zero-order chi connectivity index (χ0) is 24.1. The summed E-state index contributed by atoms with van der Waals surface area (Å²) >= 11 is 0. The van der Waals surface area contributed by atoms with E-state index >= 15 is 0 Å². The molecule has 5 rings (SSSR count). The van der Waals surface area contributed by atoms with Gasteiger partial charge in [0.25, 0.3) is 5.91 Å². The molecule has 1 amide bonds. The average molecular weight is 464 g/mol. The second kappa shape index (κ2) is 8.21. The Morgan fingerprint density at radius 1 is 1.21 bits per heavy atom. The van der Waals surface area contributed by atoms with Gasteiger partial charge in [-0.05, 0) is 38.1 Å². The predicted octanol–water partition coefficient (Wildman–Crippen LogP) is 2.57. The Kier molecular flexibility index (Phi) is 5.32. The molecule has 0 bridgehead atoms. The van der Waals surface area contributed by atoms with Crippen LogP contribution in [0.15, 0.2) is 30.5 Å². The van der Waals surface area contributed by atoms with Crippen molar-refractivity contribution in [3.63, 3.8) is 0 Å². The van der Waals surface area contributed by atoms with E-state index < -0.39 is 17.5 Å². The van der Waals surface area contributed by atoms with E-state index in [4.69, 9.17) is 0 Å². The molecule has 1 aliphatic rings. The van der Waals surface area contributed by atoms with Crippen molar-refractivity contribution in [3.05, 3.63) is 42.0 Å². The molecule has 0 aliphatic carbocycles. The van der Waals surface area contributed by atoms with Crippen molar-refractivity contribution >= 4 is 33.4 Å². The third-order valence-corrected chi connectivity index (χ3v) is 6.11. The number of hydrogen-bond donors (Lipinski definition) is 3. The Labute approximate surface area is 195 Å². The topological polar surface area (TPSA) is 108 Å². The van der Waals surface area contributed by atoms with Gasteiger partial charge in [-0.2, -0.15) is 5.10 Å². The van der Waals surface area contributed by atoms with Gasteiger partial charge < -0.3 is 20.6 Å². The lowest BCUT2D eigenvalue weighted by Gasteiger charge is -2.37. The minimum Gasteiger partial charge on any atom is -0.504 e. The lowest BCUT2D eigenvalue weighted by Crippen LogP contribution is -2.54. The minimum atomic E-state index is -0.851. The molecule has 2 aromatic carbocycles. The monoisotopic (exact) mass is 463 g/mol. The molecule has 3 heterocycles. The molecule has 1 saturated heterocycles. The van der Waals surface area contributed by atoms with Crippen molar-refractivity contribution in [1.29, 1.82) is 0 Å². The zero-order valence-corrected chi connectivity index (χ0v) is 19.4. The van der Waals surface area contributed by atoms with Crippen LogP contribution in [0.2, 0.25) is 0 Å². The lowest BCUT2D eigenvalue weighted by atomic mass is 10.1. The SMILES string of the molecule is CNC(=O)c1nc(-c2cc3cn(C)nc3c(F)c2O)nc2ccc(N3C[C@@H](C)N[C@H](C)C3)cc12. The first-order valence-corrected chi connectivity index (χ1v) is 11.1. The normalized spacial score (nSPS) is 18.6. The summed E-state index contributed by atoms with van der Waals surface area (Å²) in [5.74, 6) is -1.79. The molecular formula is C24H26FN7O2. The number of carbonyl (C=O) groups is 1. The van der Waals surface area contributed by atoms with E-state index in [0.29, 0.717) is 28.4 Å². The summed E-state index contributed by atoms with van der Waals surface area (Å²) in [6, 6.07) is 7.94. The second-order valence-corrected chi connectivity index (χ2v) is 8.88. The Balaban J connectivity index is 1.68. The van der Waals surface area contributed by atoms with Gasteiger partial charge in [-0.1, -0.05) is 0 Å². The number of fused-ring (bicyclic) bond motifs is 2. The fourth-order valence-electron chi connectivity index (χ4n) is 4.67. The summed E-state index contributed by atoms with van der Waals surface area (Å²) in [6.45, 7) is 5.95. The number of piperazine rings is 1. The van der Waals surface area contributed by atoms with E-state index in [1.165, 1.54) is 11.7 Å². The van der Waals surface area contributed by atoms with Gasteiger partial charge in [-0.3, -0.25) is 9.48 Å². The number of nitrogens with one attached hydrogen (secondary N) is 2. The highest BCUT2D eigenvalue weighted by atomic mass is 19.1. The van der Waals surface area contributed by atoms with Crippen LogP contribution < -0.4 is 15.5 Å². The van der Waals surface area contributed by atoms with Gasteiger partial charge in [0.05, 0.1) is 11.1 Å². The van der Waals surface area contributed by atoms with Crippen LogP contribution in [0.1, 0.15) is 24.3 Å². The third-order valence-electron chi connectivity index (χ3n) is 6.11. The number of anilines is 1. The van der Waals surface area contributed by atoms with E-state index in [0.717, 1.165) is 18.8 Å². The van der Waals surface area contributed by atoms with Gasteiger partial charge in [0.1, 0.15) is 11.2 Å². The summed E-state index contributed by atoms with van der Waals surface area (Å²) in [4.78, 5) is 24.1. The van der Waals surface area contributed by atoms with Crippen LogP contribution in [-0.2, 0) is 7.05 Å². The van der Waals surface area contributed by atoms with Crippen LogP contribution in [0.25, 0.3) is 33.2 Å². The third kappa shape index (κ3) is 3.69. The second-order valence-electron chi connectivity index (χ2n) is 8.88. The van der Waals surface area contributed by atoms with E-state index in [-0.39, 0.29) is 22.6 Å². The maximum atomic E-state index is 14.8. The molecule has 0 radical (unpaired) electrons. The maximum absolute atomic E-state index is 14.8. The van der Waals surface area contributed by atoms with Crippen LogP contribution in [0, 0.1) is 5.82 Å². The fraction of sp³-hybridized carbons (Fsp3) is 0.333. The number of amides is 1. The van der Waals surface area contributed by atoms with Gasteiger partial charge in [-0.25, -0.2) is 14.4 Å². The summed E-state index contributed by atoms with van der Waals surface area (Å²) in [7, 11) is 3.20. The number of halogens is 1. The lowest BCUT2D eigenvalue weighted by molar-refractivity contribution is 0.0960. The van der Waals surface area contributed by atoms with Crippen LogP contribution in [0.3, 0.4) is 0 Å². The molecule has 2 aromatic heterocycles. The fourth-order valence-corrected chi connectivity index (χ4v) is 4.67. The van der Waals surface area contributed by atoms with Crippen LogP contribution in [0.4, 0.5) is 10.1 Å². The first-order chi connectivity index (χ1) is 16.2. The van der Waals surface area contributed by atoms with Gasteiger partial charge in [0.2, 0.25) is 0 Å². The molecular weight excluding hydrogens is 437 g/mol. The number of aryl methyl sites for hydroxylation is 1. The molecule has 10 heteroatoms. The molecule has 0 unspecified atom stereocenters. The highest BCUT2D eigenvalue weighted by molar-refractivity contribution is 6.05. The zero-order valence-electron chi connectivity index (χ0n) is 19.4. The Morgan fingerprint density at radius 3 is 2.65 bits per heavy atom. The first kappa shape index (κ1) is 22.0. The number of phenols is 1. The van der Waals surface area contributed by atoms with Crippen LogP contribution in [-0.4, -0.2) is 63.0 Å². The standard InChI is InChI=1S/C24H26FN7O2/c1-12-9-32(10-13(2)27-12)15-5-6-18-16(8-15)21(24(34)26-3)29-23(28-18)17-7-14-11-31(4)30-20(14)19(25)22(17)33/h5-8,11-13,27,33H,9-10H2,1-4H3,(H,26,34)/t12-,13-/m1/s1. The number of phenolic OH excluding ortho intramolecular Hbond substituents is 1. The smallest absolute Gasteiger partial charge is 0.270 e. The summed E-state index contributed by atoms with van der Waals surface area (Å²) in [5.41, 5.74) is 1.81. The maximum Gasteiger partial charge on any atom is 0.270 e. The number of carbonyl (C=O) groups excluding carboxylic acids is 1. The van der Waals surface area contributed by atoms with Crippen molar-refractivity contribution in [1.82, 2.24) is 30.4 Å². The quantitative estimate of drug-likeness (QED) is 0.429. The van der Waals surface area contributed by atoms with Gasteiger partial charge in [0, 0.05) is 61.9 Å². The largest absolute Gasteiger partial charge is 0.504 e. The van der Waals surface area contributed by atoms with E-state index in [1.807, 2.05) is 18.2 Å². The van der Waals surface area contributed by atoms with Crippen molar-refractivity contribution < 1.29 is 14.3 Å². The highest BCUT2D eigenvalue weighted by Crippen LogP contribution is 2.36. The Hall–Kier alpha value is -3.79. The first-order valence-electron chi connectivity index (χ1n) is 11.1. The predicted molar refractivity (Wildman–Crippen MR) is 129 cm³/mol. The molecule has 4 aromatic rings. The molecule has 9 nitrogen and oxygen atoms in total. The Bertz CT molecular complexity index is 1420. The average Bonchev–Trinajstić information content (AvgIpc) is 3.19. The molecule has 176 valence electrons. The number of aromatic nitrogens is 4. The van der Waals surface area contributed by atoms with Crippen molar-refractivity contribution in [3.8, 4) is 17.1 Å². The van der Waals surface area contributed by atoms with Gasteiger partial charge >= 0.3 is 0 Å². The molecule has 3 N–H and O–H groups in total. The number of hydrogen-bond acceptors (Lipinski definition) is 7. The molecule has 2 atom stereocenters. The van der Waals surface area contributed by atoms with Crippen molar-refractivity contribution in [2.24, 2.45) is 7.05 Å². The number of rotatable bonds is 3. The number of benzene rings is 2.